The molecule has 1 saturated heterocycles. The molecule has 0 unspecified atom stereocenters. The van der Waals surface area contributed by atoms with Gasteiger partial charge in [0.25, 0.3) is 0 Å². The van der Waals surface area contributed by atoms with E-state index in [0.717, 1.165) is 6.54 Å². The van der Waals surface area contributed by atoms with Crippen LogP contribution in [0.4, 0.5) is 0 Å². The lowest BCUT2D eigenvalue weighted by Crippen LogP contribution is -2.26. The predicted octanol–water partition coefficient (Wildman–Crippen LogP) is 3.02. The number of rotatable bonds is 6. The van der Waals surface area contributed by atoms with Crippen molar-refractivity contribution in [2.75, 3.05) is 26.2 Å². The molecule has 1 aliphatic rings. The molecule has 0 saturated carbocycles. The molecule has 0 radical (unpaired) electrons. The zero-order valence-corrected chi connectivity index (χ0v) is 11.3. The first kappa shape index (κ1) is 14.0. The van der Waals surface area contributed by atoms with Crippen LogP contribution in [0, 0.1) is 5.41 Å². The van der Waals surface area contributed by atoms with Gasteiger partial charge in [0, 0.05) is 0 Å². The summed E-state index contributed by atoms with van der Waals surface area (Å²) in [5, 5.41) is 0. The van der Waals surface area contributed by atoms with E-state index in [1.165, 1.54) is 64.6 Å². The van der Waals surface area contributed by atoms with Crippen LogP contribution in [-0.2, 0) is 0 Å². The van der Waals surface area contributed by atoms with Gasteiger partial charge in [0.05, 0.1) is 0 Å². The Labute approximate surface area is 102 Å². The second-order valence-electron chi connectivity index (χ2n) is 6.06. The molecule has 1 heterocycles. The largest absolute Gasteiger partial charge is 0.330 e. The molecule has 1 aliphatic heterocycles. The second kappa shape index (κ2) is 7.29. The molecule has 0 aromatic rings. The Kier molecular flexibility index (Phi) is 6.37. The standard InChI is InChI=1S/C14H30N2/c1-14(2)8-7-12-16(13-9-14)11-6-4-3-5-10-15/h3-13,15H2,1-2H3. The fourth-order valence-corrected chi connectivity index (χ4v) is 2.54. The Bertz CT molecular complexity index is 178. The summed E-state index contributed by atoms with van der Waals surface area (Å²) in [4.78, 5) is 2.66. The fourth-order valence-electron chi connectivity index (χ4n) is 2.54. The van der Waals surface area contributed by atoms with Gasteiger partial charge >= 0.3 is 0 Å². The Morgan fingerprint density at radius 1 is 1.00 bits per heavy atom. The number of hydrogen-bond donors (Lipinski definition) is 1. The van der Waals surface area contributed by atoms with E-state index in [4.69, 9.17) is 5.73 Å². The smallest absolute Gasteiger partial charge is 0.00136 e. The number of nitrogens with two attached hydrogens (primary N) is 1. The van der Waals surface area contributed by atoms with E-state index in [-0.39, 0.29) is 0 Å². The molecule has 0 amide bonds. The van der Waals surface area contributed by atoms with Crippen molar-refractivity contribution < 1.29 is 0 Å². The van der Waals surface area contributed by atoms with Gasteiger partial charge in [-0.2, -0.15) is 0 Å². The molecule has 2 heteroatoms. The third-order valence-corrected chi connectivity index (χ3v) is 3.86. The lowest BCUT2D eigenvalue weighted by atomic mass is 9.85. The summed E-state index contributed by atoms with van der Waals surface area (Å²) >= 11 is 0. The van der Waals surface area contributed by atoms with Gasteiger partial charge in [0.15, 0.2) is 0 Å². The van der Waals surface area contributed by atoms with Gasteiger partial charge in [-0.3, -0.25) is 0 Å². The molecule has 0 aromatic heterocycles. The summed E-state index contributed by atoms with van der Waals surface area (Å²) in [5.74, 6) is 0. The van der Waals surface area contributed by atoms with Gasteiger partial charge in [-0.1, -0.05) is 26.7 Å². The summed E-state index contributed by atoms with van der Waals surface area (Å²) < 4.78 is 0. The first-order valence-corrected chi connectivity index (χ1v) is 7.06. The van der Waals surface area contributed by atoms with E-state index >= 15 is 0 Å². The summed E-state index contributed by atoms with van der Waals surface area (Å²) in [7, 11) is 0. The third kappa shape index (κ3) is 5.86. The van der Waals surface area contributed by atoms with Crippen LogP contribution in [0.15, 0.2) is 0 Å². The SMILES string of the molecule is CC1(C)CCCN(CCCCCCN)CC1. The monoisotopic (exact) mass is 226 g/mol. The molecule has 1 fully saturated rings. The summed E-state index contributed by atoms with van der Waals surface area (Å²) in [6.45, 7) is 9.62. The molecule has 0 aliphatic carbocycles. The van der Waals surface area contributed by atoms with Crippen molar-refractivity contribution >= 4 is 0 Å². The molecule has 0 spiro atoms. The highest BCUT2D eigenvalue weighted by atomic mass is 15.1. The van der Waals surface area contributed by atoms with E-state index in [0.29, 0.717) is 5.41 Å². The third-order valence-electron chi connectivity index (χ3n) is 3.86. The van der Waals surface area contributed by atoms with Crippen LogP contribution >= 0.6 is 0 Å². The molecular weight excluding hydrogens is 196 g/mol. The maximum atomic E-state index is 5.49. The number of unbranched alkanes of at least 4 members (excludes halogenated alkanes) is 3. The van der Waals surface area contributed by atoms with Crippen molar-refractivity contribution in [1.82, 2.24) is 4.90 Å². The van der Waals surface area contributed by atoms with E-state index < -0.39 is 0 Å². The Hall–Kier alpha value is -0.0800. The maximum Gasteiger partial charge on any atom is -0.00136 e. The average molecular weight is 226 g/mol. The van der Waals surface area contributed by atoms with Crippen LogP contribution in [0.5, 0.6) is 0 Å². The summed E-state index contributed by atoms with van der Waals surface area (Å²) in [6.07, 6.45) is 9.39. The predicted molar refractivity (Wildman–Crippen MR) is 71.6 cm³/mol. The first-order chi connectivity index (χ1) is 7.64. The zero-order valence-electron chi connectivity index (χ0n) is 11.3. The van der Waals surface area contributed by atoms with Crippen LogP contribution in [0.3, 0.4) is 0 Å². The van der Waals surface area contributed by atoms with Crippen LogP contribution in [0.2, 0.25) is 0 Å². The molecule has 2 nitrogen and oxygen atoms in total. The normalized spacial score (nSPS) is 21.9. The van der Waals surface area contributed by atoms with Gasteiger partial charge in [-0.25, -0.2) is 0 Å². The first-order valence-electron chi connectivity index (χ1n) is 7.06. The molecule has 0 aromatic carbocycles. The minimum absolute atomic E-state index is 0.578. The highest BCUT2D eigenvalue weighted by Crippen LogP contribution is 2.29. The molecule has 16 heavy (non-hydrogen) atoms. The number of nitrogens with zero attached hydrogens (tertiary/aromatic N) is 1. The maximum absolute atomic E-state index is 5.49. The molecule has 1 rings (SSSR count). The van der Waals surface area contributed by atoms with Crippen LogP contribution in [-0.4, -0.2) is 31.1 Å². The van der Waals surface area contributed by atoms with Gasteiger partial charge in [0.2, 0.25) is 0 Å². The Balaban J connectivity index is 2.08. The van der Waals surface area contributed by atoms with E-state index in [1.54, 1.807) is 0 Å². The van der Waals surface area contributed by atoms with Crippen LogP contribution < -0.4 is 5.73 Å². The minimum Gasteiger partial charge on any atom is -0.330 e. The molecular formula is C14H30N2. The molecule has 0 atom stereocenters. The zero-order chi connectivity index (χ0) is 11.9. The topological polar surface area (TPSA) is 29.3 Å². The molecule has 96 valence electrons. The van der Waals surface area contributed by atoms with E-state index in [9.17, 15) is 0 Å². The van der Waals surface area contributed by atoms with Crippen molar-refractivity contribution in [1.29, 1.82) is 0 Å². The molecule has 2 N–H and O–H groups in total. The summed E-state index contributed by atoms with van der Waals surface area (Å²) in [5.41, 5.74) is 6.07. The average Bonchev–Trinajstić information content (AvgIpc) is 2.40. The Morgan fingerprint density at radius 2 is 1.75 bits per heavy atom. The van der Waals surface area contributed by atoms with E-state index in [1.807, 2.05) is 0 Å². The van der Waals surface area contributed by atoms with Gasteiger partial charge in [-0.15, -0.1) is 0 Å². The van der Waals surface area contributed by atoms with Crippen LogP contribution in [0.1, 0.15) is 58.8 Å². The lowest BCUT2D eigenvalue weighted by molar-refractivity contribution is 0.257. The van der Waals surface area contributed by atoms with Gasteiger partial charge in [-0.05, 0) is 63.7 Å². The van der Waals surface area contributed by atoms with Crippen molar-refractivity contribution in [2.45, 2.75) is 58.8 Å². The quantitative estimate of drug-likeness (QED) is 0.705. The van der Waals surface area contributed by atoms with Crippen molar-refractivity contribution in [3.63, 3.8) is 0 Å². The number of likely N-dealkylation sites (tertiary alicyclic amines) is 1. The summed E-state index contributed by atoms with van der Waals surface area (Å²) in [6, 6.07) is 0. The molecule has 0 bridgehead atoms. The highest BCUT2D eigenvalue weighted by Gasteiger charge is 2.22. The Morgan fingerprint density at radius 3 is 2.50 bits per heavy atom. The minimum atomic E-state index is 0.578. The van der Waals surface area contributed by atoms with E-state index in [2.05, 4.69) is 18.7 Å². The van der Waals surface area contributed by atoms with Crippen molar-refractivity contribution in [2.24, 2.45) is 11.1 Å². The fraction of sp³-hybridized carbons (Fsp3) is 1.00. The number of hydrogen-bond acceptors (Lipinski definition) is 2. The van der Waals surface area contributed by atoms with Crippen LogP contribution in [0.25, 0.3) is 0 Å². The second-order valence-corrected chi connectivity index (χ2v) is 6.06. The van der Waals surface area contributed by atoms with Gasteiger partial charge < -0.3 is 10.6 Å². The van der Waals surface area contributed by atoms with Crippen molar-refractivity contribution in [3.8, 4) is 0 Å². The lowest BCUT2D eigenvalue weighted by Gasteiger charge is -2.23. The van der Waals surface area contributed by atoms with Gasteiger partial charge in [0.1, 0.15) is 0 Å². The van der Waals surface area contributed by atoms with Crippen molar-refractivity contribution in [3.05, 3.63) is 0 Å². The highest BCUT2D eigenvalue weighted by molar-refractivity contribution is 4.76.